The summed E-state index contributed by atoms with van der Waals surface area (Å²) in [6, 6.07) is 15.5. The van der Waals surface area contributed by atoms with Crippen LogP contribution in [-0.4, -0.2) is 38.4 Å². The highest BCUT2D eigenvalue weighted by atomic mass is 16.5. The Hall–Kier alpha value is -2.37. The summed E-state index contributed by atoms with van der Waals surface area (Å²) in [6.45, 7) is 5.24. The molecule has 0 radical (unpaired) electrons. The zero-order valence-electron chi connectivity index (χ0n) is 16.5. The van der Waals surface area contributed by atoms with Crippen molar-refractivity contribution in [1.29, 1.82) is 0 Å². The van der Waals surface area contributed by atoms with Crippen LogP contribution in [0.5, 0.6) is 5.75 Å². The number of benzene rings is 2. The summed E-state index contributed by atoms with van der Waals surface area (Å²) in [6.07, 6.45) is 3.23. The molecule has 3 rings (SSSR count). The highest BCUT2D eigenvalue weighted by Gasteiger charge is 2.15. The highest BCUT2D eigenvalue weighted by Crippen LogP contribution is 2.16. The van der Waals surface area contributed by atoms with Gasteiger partial charge in [0, 0.05) is 25.3 Å². The Kier molecular flexibility index (Phi) is 7.88. The van der Waals surface area contributed by atoms with Crippen molar-refractivity contribution in [3.63, 3.8) is 0 Å². The van der Waals surface area contributed by atoms with Crippen molar-refractivity contribution >= 4 is 5.91 Å². The third-order valence-electron chi connectivity index (χ3n) is 4.66. The molecule has 0 bridgehead atoms. The Morgan fingerprint density at radius 2 is 2.11 bits per heavy atom. The van der Waals surface area contributed by atoms with E-state index in [-0.39, 0.29) is 12.0 Å². The molecule has 1 unspecified atom stereocenters. The molecule has 1 aliphatic rings. The van der Waals surface area contributed by atoms with E-state index in [1.807, 2.05) is 24.3 Å². The van der Waals surface area contributed by atoms with Crippen LogP contribution in [0.2, 0.25) is 0 Å². The lowest BCUT2D eigenvalue weighted by atomic mass is 10.1. The maximum atomic E-state index is 12.3. The van der Waals surface area contributed by atoms with Gasteiger partial charge in [0.1, 0.15) is 12.4 Å². The average Bonchev–Trinajstić information content (AvgIpc) is 3.23. The lowest BCUT2D eigenvalue weighted by Gasteiger charge is -2.11. The summed E-state index contributed by atoms with van der Waals surface area (Å²) in [4.78, 5) is 12.3. The molecular weight excluding hydrogens is 354 g/mol. The van der Waals surface area contributed by atoms with Crippen LogP contribution in [0.1, 0.15) is 40.7 Å². The predicted molar refractivity (Wildman–Crippen MR) is 109 cm³/mol. The number of nitrogens with one attached hydrogen (secondary N) is 1. The van der Waals surface area contributed by atoms with Crippen molar-refractivity contribution in [2.24, 2.45) is 0 Å². The van der Waals surface area contributed by atoms with Gasteiger partial charge >= 0.3 is 0 Å². The highest BCUT2D eigenvalue weighted by molar-refractivity contribution is 5.94. The second kappa shape index (κ2) is 10.8. The van der Waals surface area contributed by atoms with Crippen LogP contribution in [0, 0.1) is 6.92 Å². The first-order valence-electron chi connectivity index (χ1n) is 9.96. The molecule has 28 heavy (non-hydrogen) atoms. The molecule has 5 heteroatoms. The Balaban J connectivity index is 1.37. The molecule has 1 amide bonds. The van der Waals surface area contributed by atoms with Crippen LogP contribution in [0.3, 0.4) is 0 Å². The molecule has 1 saturated heterocycles. The van der Waals surface area contributed by atoms with Crippen LogP contribution in [0.4, 0.5) is 0 Å². The molecule has 1 atom stereocenters. The van der Waals surface area contributed by atoms with E-state index in [0.29, 0.717) is 37.7 Å². The van der Waals surface area contributed by atoms with E-state index in [1.165, 1.54) is 5.56 Å². The Labute approximate surface area is 167 Å². The van der Waals surface area contributed by atoms with Gasteiger partial charge in [0.2, 0.25) is 0 Å². The van der Waals surface area contributed by atoms with Gasteiger partial charge in [-0.05, 0) is 49.9 Å². The van der Waals surface area contributed by atoms with Crippen molar-refractivity contribution in [3.8, 4) is 5.75 Å². The van der Waals surface area contributed by atoms with Crippen LogP contribution in [0.25, 0.3) is 0 Å². The van der Waals surface area contributed by atoms with Gasteiger partial charge in [-0.3, -0.25) is 4.79 Å². The van der Waals surface area contributed by atoms with Crippen LogP contribution < -0.4 is 10.1 Å². The Morgan fingerprint density at radius 1 is 1.21 bits per heavy atom. The maximum Gasteiger partial charge on any atom is 0.251 e. The van der Waals surface area contributed by atoms with E-state index >= 15 is 0 Å². The number of rotatable bonds is 10. The molecule has 0 aliphatic carbocycles. The summed E-state index contributed by atoms with van der Waals surface area (Å²) in [5.74, 6) is 0.592. The first-order chi connectivity index (χ1) is 13.7. The van der Waals surface area contributed by atoms with Gasteiger partial charge in [0.15, 0.2) is 0 Å². The van der Waals surface area contributed by atoms with Gasteiger partial charge in [-0.2, -0.15) is 0 Å². The first-order valence-corrected chi connectivity index (χ1v) is 9.96. The second-order valence-corrected chi connectivity index (χ2v) is 7.12. The van der Waals surface area contributed by atoms with E-state index in [4.69, 9.17) is 14.2 Å². The van der Waals surface area contributed by atoms with E-state index in [2.05, 4.69) is 24.4 Å². The number of carbonyl (C=O) groups is 1. The topological polar surface area (TPSA) is 56.8 Å². The number of carbonyl (C=O) groups excluding carboxylic acids is 1. The normalized spacial score (nSPS) is 16.1. The molecule has 0 spiro atoms. The second-order valence-electron chi connectivity index (χ2n) is 7.12. The molecule has 2 aromatic rings. The van der Waals surface area contributed by atoms with Gasteiger partial charge in [0.05, 0.1) is 12.7 Å². The summed E-state index contributed by atoms with van der Waals surface area (Å²) in [7, 11) is 0. The molecule has 1 heterocycles. The zero-order chi connectivity index (χ0) is 19.6. The van der Waals surface area contributed by atoms with Gasteiger partial charge < -0.3 is 19.5 Å². The standard InChI is InChI=1S/C23H29NO4/c1-18-6-2-7-19(14-18)16-28-21-9-3-8-20(15-21)23(25)24-11-5-12-26-17-22-10-4-13-27-22/h2-3,6-9,14-15,22H,4-5,10-13,16-17H2,1H3,(H,24,25). The molecule has 0 saturated carbocycles. The molecule has 1 N–H and O–H groups in total. The van der Waals surface area contributed by atoms with Crippen LogP contribution >= 0.6 is 0 Å². The molecule has 1 fully saturated rings. The third kappa shape index (κ3) is 6.66. The van der Waals surface area contributed by atoms with Gasteiger partial charge in [-0.25, -0.2) is 0 Å². The van der Waals surface area contributed by atoms with E-state index < -0.39 is 0 Å². The molecular formula is C23H29NO4. The number of ether oxygens (including phenoxy) is 3. The summed E-state index contributed by atoms with van der Waals surface area (Å²) < 4.78 is 17.0. The number of hydrogen-bond acceptors (Lipinski definition) is 4. The van der Waals surface area contributed by atoms with Crippen LogP contribution in [0.15, 0.2) is 48.5 Å². The average molecular weight is 383 g/mol. The zero-order valence-corrected chi connectivity index (χ0v) is 16.5. The van der Waals surface area contributed by atoms with Gasteiger partial charge in [-0.1, -0.05) is 35.9 Å². The molecule has 0 aromatic heterocycles. The maximum absolute atomic E-state index is 12.3. The molecule has 5 nitrogen and oxygen atoms in total. The Morgan fingerprint density at radius 3 is 2.93 bits per heavy atom. The fraction of sp³-hybridized carbons (Fsp3) is 0.435. The van der Waals surface area contributed by atoms with Gasteiger partial charge in [0.25, 0.3) is 5.91 Å². The van der Waals surface area contributed by atoms with Gasteiger partial charge in [-0.15, -0.1) is 0 Å². The minimum Gasteiger partial charge on any atom is -0.489 e. The smallest absolute Gasteiger partial charge is 0.251 e. The largest absolute Gasteiger partial charge is 0.489 e. The van der Waals surface area contributed by atoms with Crippen molar-refractivity contribution < 1.29 is 19.0 Å². The Bertz CT molecular complexity index is 756. The predicted octanol–water partition coefficient (Wildman–Crippen LogP) is 3.89. The first kappa shape index (κ1) is 20.4. The number of aryl methyl sites for hydroxylation is 1. The SMILES string of the molecule is Cc1cccc(COc2cccc(C(=O)NCCCOCC3CCCO3)c2)c1. The van der Waals surface area contributed by atoms with E-state index in [1.54, 1.807) is 12.1 Å². The minimum absolute atomic E-state index is 0.0971. The fourth-order valence-electron chi connectivity index (χ4n) is 3.16. The fourth-order valence-corrected chi connectivity index (χ4v) is 3.16. The van der Waals surface area contributed by atoms with Crippen molar-refractivity contribution in [3.05, 3.63) is 65.2 Å². The number of hydrogen-bond donors (Lipinski definition) is 1. The summed E-state index contributed by atoms with van der Waals surface area (Å²) >= 11 is 0. The molecule has 2 aromatic carbocycles. The monoisotopic (exact) mass is 383 g/mol. The van der Waals surface area contributed by atoms with Crippen LogP contribution in [-0.2, 0) is 16.1 Å². The quantitative estimate of drug-likeness (QED) is 0.633. The number of amides is 1. The van der Waals surface area contributed by atoms with Crippen molar-refractivity contribution in [2.45, 2.75) is 38.9 Å². The molecule has 150 valence electrons. The summed E-state index contributed by atoms with van der Waals surface area (Å²) in [5.41, 5.74) is 2.91. The van der Waals surface area contributed by atoms with E-state index in [9.17, 15) is 4.79 Å². The molecule has 1 aliphatic heterocycles. The summed E-state index contributed by atoms with van der Waals surface area (Å²) in [5, 5.41) is 2.93. The van der Waals surface area contributed by atoms with Crippen molar-refractivity contribution in [2.75, 3.05) is 26.4 Å². The third-order valence-corrected chi connectivity index (χ3v) is 4.66. The minimum atomic E-state index is -0.0971. The van der Waals surface area contributed by atoms with E-state index in [0.717, 1.165) is 31.4 Å². The lowest BCUT2D eigenvalue weighted by Crippen LogP contribution is -2.25. The lowest BCUT2D eigenvalue weighted by molar-refractivity contribution is 0.0166. The van der Waals surface area contributed by atoms with Crippen molar-refractivity contribution in [1.82, 2.24) is 5.32 Å².